The van der Waals surface area contributed by atoms with Crippen LogP contribution in [-0.4, -0.2) is 26.0 Å². The van der Waals surface area contributed by atoms with Crippen molar-refractivity contribution in [2.75, 3.05) is 0 Å². The van der Waals surface area contributed by atoms with Crippen molar-refractivity contribution in [3.05, 3.63) is 35.9 Å². The molecule has 17 heavy (non-hydrogen) atoms. The number of carbonyl (C=O) groups excluding carboxylic acids is 3. The van der Waals surface area contributed by atoms with Gasteiger partial charge in [0.05, 0.1) is 0 Å². The molecule has 0 saturated carbocycles. The third-order valence-corrected chi connectivity index (χ3v) is 3.59. The van der Waals surface area contributed by atoms with Gasteiger partial charge in [0.15, 0.2) is 0 Å². The van der Waals surface area contributed by atoms with E-state index in [0.29, 0.717) is 10.6 Å². The molecular weight excluding hydrogens is 356 g/mol. The maximum Gasteiger partial charge on any atom is 0.286 e. The average Bonchev–Trinajstić information content (AvgIpc) is 2.53. The highest BCUT2D eigenvalue weighted by Crippen LogP contribution is 2.33. The van der Waals surface area contributed by atoms with Gasteiger partial charge in [0.2, 0.25) is 3.23 Å². The van der Waals surface area contributed by atoms with E-state index < -0.39 is 21.0 Å². The third kappa shape index (κ3) is 2.00. The summed E-state index contributed by atoms with van der Waals surface area (Å²) in [6, 6.07) is 8.21. The molecule has 1 fully saturated rings. The van der Waals surface area contributed by atoms with Crippen molar-refractivity contribution in [3.8, 4) is 0 Å². The Morgan fingerprint density at radius 3 is 2.24 bits per heavy atom. The lowest BCUT2D eigenvalue weighted by Crippen LogP contribution is -2.41. The molecule has 0 aliphatic carbocycles. The molecule has 5 nitrogen and oxygen atoms in total. The van der Waals surface area contributed by atoms with Crippen LogP contribution >= 0.6 is 31.9 Å². The number of carbonyl (C=O) groups is 3. The largest absolute Gasteiger partial charge is 0.286 e. The van der Waals surface area contributed by atoms with Crippen molar-refractivity contribution in [1.82, 2.24) is 10.4 Å². The molecule has 1 saturated heterocycles. The number of hydrogen-bond donors (Lipinski definition) is 1. The minimum atomic E-state index is -1.57. The monoisotopic (exact) mass is 360 g/mol. The maximum absolute atomic E-state index is 11.9. The predicted molar refractivity (Wildman–Crippen MR) is 66.3 cm³/mol. The fraction of sp³-hybridized carbons (Fsp3) is 0.100. The molecule has 1 aliphatic rings. The molecule has 0 atom stereocenters. The Bertz CT molecular complexity index is 502. The Kier molecular flexibility index (Phi) is 3.05. The molecule has 3 amide bonds. The van der Waals surface area contributed by atoms with Crippen molar-refractivity contribution in [1.29, 1.82) is 0 Å². The Labute approximate surface area is 113 Å². The molecule has 0 radical (unpaired) electrons. The molecular formula is C10H6Br2N2O3. The number of hydrogen-bond acceptors (Lipinski definition) is 3. The van der Waals surface area contributed by atoms with E-state index in [0.717, 1.165) is 0 Å². The van der Waals surface area contributed by atoms with Crippen LogP contribution in [0.3, 0.4) is 0 Å². The van der Waals surface area contributed by atoms with Crippen LogP contribution in [0.4, 0.5) is 0 Å². The molecule has 2 rings (SSSR count). The van der Waals surface area contributed by atoms with E-state index in [1.54, 1.807) is 30.3 Å². The summed E-state index contributed by atoms with van der Waals surface area (Å²) in [5.74, 6) is -1.91. The van der Waals surface area contributed by atoms with Crippen LogP contribution in [0, 0.1) is 0 Å². The molecule has 1 aromatic carbocycles. The first kappa shape index (κ1) is 12.3. The van der Waals surface area contributed by atoms with Crippen LogP contribution < -0.4 is 5.43 Å². The average molecular weight is 362 g/mol. The lowest BCUT2D eigenvalue weighted by Gasteiger charge is -2.13. The molecule has 88 valence electrons. The highest BCUT2D eigenvalue weighted by Gasteiger charge is 2.53. The van der Waals surface area contributed by atoms with Gasteiger partial charge in [0.1, 0.15) is 0 Å². The number of amides is 3. The molecule has 0 bridgehead atoms. The van der Waals surface area contributed by atoms with Crippen LogP contribution in [0.1, 0.15) is 10.4 Å². The number of imide groups is 1. The van der Waals surface area contributed by atoms with Crippen LogP contribution in [0.25, 0.3) is 0 Å². The van der Waals surface area contributed by atoms with Crippen molar-refractivity contribution >= 4 is 49.6 Å². The summed E-state index contributed by atoms with van der Waals surface area (Å²) >= 11 is 5.83. The summed E-state index contributed by atoms with van der Waals surface area (Å²) in [6.45, 7) is 0. The molecule has 1 aliphatic heterocycles. The van der Waals surface area contributed by atoms with Crippen molar-refractivity contribution in [3.63, 3.8) is 0 Å². The fourth-order valence-corrected chi connectivity index (χ4v) is 1.84. The molecule has 0 spiro atoms. The lowest BCUT2D eigenvalue weighted by atomic mass is 10.2. The van der Waals surface area contributed by atoms with Gasteiger partial charge in [-0.15, -0.1) is 0 Å². The van der Waals surface area contributed by atoms with Gasteiger partial charge < -0.3 is 0 Å². The molecule has 7 heteroatoms. The number of nitrogens with zero attached hydrogens (tertiary/aromatic N) is 1. The Balaban J connectivity index is 2.30. The number of alkyl halides is 2. The zero-order valence-corrected chi connectivity index (χ0v) is 11.5. The van der Waals surface area contributed by atoms with E-state index in [1.165, 1.54) is 0 Å². The molecule has 0 unspecified atom stereocenters. The van der Waals surface area contributed by atoms with Crippen LogP contribution in [-0.2, 0) is 9.59 Å². The van der Waals surface area contributed by atoms with E-state index in [1.807, 2.05) is 0 Å². The van der Waals surface area contributed by atoms with Crippen LogP contribution in [0.5, 0.6) is 0 Å². The van der Waals surface area contributed by atoms with E-state index in [2.05, 4.69) is 37.3 Å². The Morgan fingerprint density at radius 2 is 1.76 bits per heavy atom. The maximum atomic E-state index is 11.9. The van der Waals surface area contributed by atoms with Crippen molar-refractivity contribution in [2.24, 2.45) is 0 Å². The molecule has 0 aromatic heterocycles. The number of halogens is 2. The van der Waals surface area contributed by atoms with E-state index in [9.17, 15) is 14.4 Å². The minimum Gasteiger partial charge on any atom is -0.270 e. The predicted octanol–water partition coefficient (Wildman–Crippen LogP) is 1.19. The smallest absolute Gasteiger partial charge is 0.270 e. The van der Waals surface area contributed by atoms with Gasteiger partial charge in [-0.2, -0.15) is 5.01 Å². The standard InChI is InChI=1S/C10H6Br2N2O3/c11-10(12)8(16)13-14(9(10)17)7(15)6-4-2-1-3-5-6/h1-5H,(H,13,16). The second-order valence-corrected chi connectivity index (χ2v) is 6.77. The lowest BCUT2D eigenvalue weighted by molar-refractivity contribution is -0.126. The quantitative estimate of drug-likeness (QED) is 0.464. The first-order valence-corrected chi connectivity index (χ1v) is 6.16. The van der Waals surface area contributed by atoms with Crippen LogP contribution in [0.15, 0.2) is 30.3 Å². The second kappa shape index (κ2) is 4.23. The molecule has 1 heterocycles. The van der Waals surface area contributed by atoms with Crippen molar-refractivity contribution in [2.45, 2.75) is 3.23 Å². The van der Waals surface area contributed by atoms with Gasteiger partial charge in [-0.25, -0.2) is 0 Å². The van der Waals surface area contributed by atoms with Crippen molar-refractivity contribution < 1.29 is 14.4 Å². The highest BCUT2D eigenvalue weighted by atomic mass is 79.9. The third-order valence-electron chi connectivity index (χ3n) is 2.19. The topological polar surface area (TPSA) is 66.5 Å². The van der Waals surface area contributed by atoms with E-state index in [4.69, 9.17) is 0 Å². The minimum absolute atomic E-state index is 0.318. The zero-order chi connectivity index (χ0) is 12.6. The Morgan fingerprint density at radius 1 is 1.18 bits per heavy atom. The summed E-state index contributed by atoms with van der Waals surface area (Å²) < 4.78 is -1.57. The summed E-state index contributed by atoms with van der Waals surface area (Å²) in [7, 11) is 0. The summed E-state index contributed by atoms with van der Waals surface area (Å²) in [4.78, 5) is 35.2. The van der Waals surface area contributed by atoms with E-state index >= 15 is 0 Å². The first-order valence-electron chi connectivity index (χ1n) is 4.57. The molecule has 1 aromatic rings. The first-order chi connectivity index (χ1) is 7.94. The van der Waals surface area contributed by atoms with Gasteiger partial charge in [-0.05, 0) is 12.1 Å². The second-order valence-electron chi connectivity index (χ2n) is 3.33. The summed E-state index contributed by atoms with van der Waals surface area (Å²) in [5, 5.41) is 0.682. The van der Waals surface area contributed by atoms with Gasteiger partial charge in [-0.1, -0.05) is 50.1 Å². The number of nitrogens with one attached hydrogen (secondary N) is 1. The Hall–Kier alpha value is -1.21. The number of rotatable bonds is 1. The fourth-order valence-electron chi connectivity index (χ4n) is 1.31. The summed E-state index contributed by atoms with van der Waals surface area (Å²) in [6.07, 6.45) is 0. The highest BCUT2D eigenvalue weighted by molar-refractivity contribution is 9.26. The van der Waals surface area contributed by atoms with Gasteiger partial charge in [-0.3, -0.25) is 19.8 Å². The SMILES string of the molecule is O=C(c1ccccc1)N1NC(=O)C(Br)(Br)C1=O. The van der Waals surface area contributed by atoms with Crippen LogP contribution in [0.2, 0.25) is 0 Å². The van der Waals surface area contributed by atoms with Gasteiger partial charge in [0.25, 0.3) is 17.7 Å². The van der Waals surface area contributed by atoms with Gasteiger partial charge in [0, 0.05) is 5.56 Å². The number of hydrazine groups is 1. The zero-order valence-electron chi connectivity index (χ0n) is 8.31. The molecule has 1 N–H and O–H groups in total. The van der Waals surface area contributed by atoms with E-state index in [-0.39, 0.29) is 0 Å². The summed E-state index contributed by atoms with van der Waals surface area (Å²) in [5.41, 5.74) is 2.51. The number of benzene rings is 1. The normalized spacial score (nSPS) is 18.1. The van der Waals surface area contributed by atoms with Gasteiger partial charge >= 0.3 is 0 Å².